The van der Waals surface area contributed by atoms with Crippen LogP contribution in [0, 0.1) is 11.6 Å². The highest BCUT2D eigenvalue weighted by molar-refractivity contribution is 5.94. The molecule has 0 fully saturated rings. The molecule has 4 rings (SSSR count). The number of aliphatic imine (C=N–C) groups is 1. The first-order valence-corrected chi connectivity index (χ1v) is 8.70. The van der Waals surface area contributed by atoms with Gasteiger partial charge in [0.25, 0.3) is 0 Å². The quantitative estimate of drug-likeness (QED) is 0.789. The van der Waals surface area contributed by atoms with Crippen LogP contribution >= 0.6 is 12.4 Å². The minimum Gasteiger partial charge on any atom is -0.496 e. The van der Waals surface area contributed by atoms with Gasteiger partial charge in [0.15, 0.2) is 5.96 Å². The Kier molecular flexibility index (Phi) is 5.83. The van der Waals surface area contributed by atoms with Crippen molar-refractivity contribution < 1.29 is 23.0 Å². The van der Waals surface area contributed by atoms with E-state index in [-0.39, 0.29) is 23.9 Å². The van der Waals surface area contributed by atoms with Crippen molar-refractivity contribution in [2.75, 3.05) is 20.8 Å². The molecule has 0 aliphatic carbocycles. The number of hydrogen-bond donors (Lipinski definition) is 2. The average Bonchev–Trinajstić information content (AvgIpc) is 2.86. The van der Waals surface area contributed by atoms with E-state index in [0.717, 1.165) is 0 Å². The molecule has 0 saturated heterocycles. The Bertz CT molecular complexity index is 990. The lowest BCUT2D eigenvalue weighted by molar-refractivity contribution is 0.314. The molecule has 2 heterocycles. The Labute approximate surface area is 172 Å². The van der Waals surface area contributed by atoms with Crippen LogP contribution < -0.4 is 25.3 Å². The van der Waals surface area contributed by atoms with Crippen molar-refractivity contribution in [3.05, 3.63) is 58.7 Å². The normalized spacial score (nSPS) is 17.5. The molecule has 2 aromatic carbocycles. The Balaban J connectivity index is 0.00000240. The summed E-state index contributed by atoms with van der Waals surface area (Å²) in [5.41, 5.74) is 7.69. The molecule has 154 valence electrons. The number of ether oxygens (including phenoxy) is 3. The van der Waals surface area contributed by atoms with Gasteiger partial charge in [0.05, 0.1) is 37.7 Å². The molecule has 1 unspecified atom stereocenters. The predicted octanol–water partition coefficient (Wildman–Crippen LogP) is 3.56. The molecule has 29 heavy (non-hydrogen) atoms. The van der Waals surface area contributed by atoms with Gasteiger partial charge in [-0.15, -0.1) is 12.4 Å². The van der Waals surface area contributed by atoms with E-state index in [2.05, 4.69) is 10.3 Å². The molecule has 0 radical (unpaired) electrons. The summed E-state index contributed by atoms with van der Waals surface area (Å²) in [7, 11) is 3.07. The lowest BCUT2D eigenvalue weighted by Gasteiger charge is -2.27. The zero-order valence-corrected chi connectivity index (χ0v) is 16.6. The fourth-order valence-electron chi connectivity index (χ4n) is 3.57. The van der Waals surface area contributed by atoms with Gasteiger partial charge < -0.3 is 25.3 Å². The summed E-state index contributed by atoms with van der Waals surface area (Å²) >= 11 is 0. The van der Waals surface area contributed by atoms with E-state index in [0.29, 0.717) is 47.1 Å². The van der Waals surface area contributed by atoms with Crippen LogP contribution in [0.4, 0.5) is 8.78 Å². The topological polar surface area (TPSA) is 78.1 Å². The number of methoxy groups -OCH3 is 2. The largest absolute Gasteiger partial charge is 0.496 e. The number of guanidine groups is 1. The zero-order valence-electron chi connectivity index (χ0n) is 15.8. The molecule has 2 aromatic rings. The second-order valence-electron chi connectivity index (χ2n) is 6.38. The van der Waals surface area contributed by atoms with E-state index in [4.69, 9.17) is 19.9 Å². The molecule has 6 nitrogen and oxygen atoms in total. The van der Waals surface area contributed by atoms with Gasteiger partial charge in [-0.1, -0.05) is 6.07 Å². The van der Waals surface area contributed by atoms with Crippen molar-refractivity contribution in [1.82, 2.24) is 5.32 Å². The molecule has 0 spiro atoms. The SMILES string of the molecule is COc1cc(OC)c2c(c1)OCCC1=C2NC(N)=NC1c1c(F)cccc1F.Cl. The molecular formula is C20H20ClF2N3O3. The molecular weight excluding hydrogens is 404 g/mol. The number of nitrogens with two attached hydrogens (primary N) is 1. The minimum atomic E-state index is -0.904. The lowest BCUT2D eigenvalue weighted by Crippen LogP contribution is -2.36. The fourth-order valence-corrected chi connectivity index (χ4v) is 3.57. The van der Waals surface area contributed by atoms with Crippen molar-refractivity contribution in [3.63, 3.8) is 0 Å². The molecule has 9 heteroatoms. The standard InChI is InChI=1S/C20H19F2N3O3.ClH/c1-26-10-8-14(27-2)17-15(9-10)28-7-6-11-18(24-20(23)25-19(11)17)16-12(21)4-3-5-13(16)22;/h3-5,8-9,18H,6-7H2,1-2H3,(H3,23,24,25);1H. The van der Waals surface area contributed by atoms with E-state index in [1.807, 2.05) is 0 Å². The van der Waals surface area contributed by atoms with Crippen LogP contribution in [0.1, 0.15) is 23.6 Å². The number of hydrogen-bond acceptors (Lipinski definition) is 6. The second kappa shape index (κ2) is 8.16. The first kappa shape index (κ1) is 20.7. The van der Waals surface area contributed by atoms with Gasteiger partial charge in [-0.3, -0.25) is 0 Å². The summed E-state index contributed by atoms with van der Waals surface area (Å²) < 4.78 is 45.7. The monoisotopic (exact) mass is 423 g/mol. The molecule has 1 atom stereocenters. The van der Waals surface area contributed by atoms with Crippen LogP contribution in [0.2, 0.25) is 0 Å². The minimum absolute atomic E-state index is 0. The number of benzene rings is 2. The highest BCUT2D eigenvalue weighted by Gasteiger charge is 2.34. The van der Waals surface area contributed by atoms with Gasteiger partial charge in [0, 0.05) is 18.6 Å². The van der Waals surface area contributed by atoms with Crippen LogP contribution in [-0.2, 0) is 0 Å². The van der Waals surface area contributed by atoms with Crippen LogP contribution in [0.15, 0.2) is 40.9 Å². The number of fused-ring (bicyclic) bond motifs is 2. The average molecular weight is 424 g/mol. The van der Waals surface area contributed by atoms with Crippen molar-refractivity contribution >= 4 is 24.1 Å². The maximum absolute atomic E-state index is 14.5. The fraction of sp³-hybridized carbons (Fsp3) is 0.250. The molecule has 2 aliphatic rings. The van der Waals surface area contributed by atoms with Crippen molar-refractivity contribution in [3.8, 4) is 17.2 Å². The Morgan fingerprint density at radius 2 is 1.90 bits per heavy atom. The number of halogens is 3. The number of rotatable bonds is 3. The van der Waals surface area contributed by atoms with Gasteiger partial charge in [-0.2, -0.15) is 0 Å². The van der Waals surface area contributed by atoms with E-state index in [1.54, 1.807) is 19.2 Å². The number of nitrogens with zero attached hydrogens (tertiary/aromatic N) is 1. The highest BCUT2D eigenvalue weighted by atomic mass is 35.5. The van der Waals surface area contributed by atoms with Crippen molar-refractivity contribution in [1.29, 1.82) is 0 Å². The van der Waals surface area contributed by atoms with E-state index in [9.17, 15) is 8.78 Å². The predicted molar refractivity (Wildman–Crippen MR) is 108 cm³/mol. The maximum Gasteiger partial charge on any atom is 0.194 e. The van der Waals surface area contributed by atoms with Gasteiger partial charge in [0.2, 0.25) is 0 Å². The van der Waals surface area contributed by atoms with Crippen LogP contribution in [-0.4, -0.2) is 26.8 Å². The van der Waals surface area contributed by atoms with Crippen LogP contribution in [0.3, 0.4) is 0 Å². The first-order chi connectivity index (χ1) is 13.5. The molecule has 3 N–H and O–H groups in total. The first-order valence-electron chi connectivity index (χ1n) is 8.70. The third-order valence-corrected chi connectivity index (χ3v) is 4.82. The summed E-state index contributed by atoms with van der Waals surface area (Å²) in [6.45, 7) is 0.297. The van der Waals surface area contributed by atoms with Gasteiger partial charge >= 0.3 is 0 Å². The Hall–Kier alpha value is -3.00. The Morgan fingerprint density at radius 3 is 2.55 bits per heavy atom. The molecule has 0 bridgehead atoms. The third-order valence-electron chi connectivity index (χ3n) is 4.82. The van der Waals surface area contributed by atoms with Crippen LogP contribution in [0.25, 0.3) is 5.70 Å². The van der Waals surface area contributed by atoms with Crippen molar-refractivity contribution in [2.24, 2.45) is 10.7 Å². The molecule has 0 amide bonds. The summed E-state index contributed by atoms with van der Waals surface area (Å²) in [6, 6.07) is 6.27. The zero-order chi connectivity index (χ0) is 19.8. The van der Waals surface area contributed by atoms with Gasteiger partial charge in [-0.05, 0) is 17.7 Å². The highest BCUT2D eigenvalue weighted by Crippen LogP contribution is 2.46. The second-order valence-corrected chi connectivity index (χ2v) is 6.38. The molecule has 2 aliphatic heterocycles. The van der Waals surface area contributed by atoms with E-state index >= 15 is 0 Å². The summed E-state index contributed by atoms with van der Waals surface area (Å²) in [6.07, 6.45) is 0.401. The van der Waals surface area contributed by atoms with Crippen molar-refractivity contribution in [2.45, 2.75) is 12.5 Å². The Morgan fingerprint density at radius 1 is 1.17 bits per heavy atom. The van der Waals surface area contributed by atoms with Crippen LogP contribution in [0.5, 0.6) is 17.2 Å². The molecule has 0 saturated carbocycles. The van der Waals surface area contributed by atoms with E-state index in [1.165, 1.54) is 25.3 Å². The molecule has 0 aromatic heterocycles. The maximum atomic E-state index is 14.5. The summed E-state index contributed by atoms with van der Waals surface area (Å²) in [5.74, 6) is 0.269. The van der Waals surface area contributed by atoms with E-state index < -0.39 is 17.7 Å². The summed E-state index contributed by atoms with van der Waals surface area (Å²) in [4.78, 5) is 4.29. The summed E-state index contributed by atoms with van der Waals surface area (Å²) in [5, 5.41) is 3.03. The lowest BCUT2D eigenvalue weighted by atomic mass is 9.91. The van der Waals surface area contributed by atoms with Gasteiger partial charge in [0.1, 0.15) is 34.9 Å². The smallest absolute Gasteiger partial charge is 0.194 e. The third kappa shape index (κ3) is 3.55. The number of nitrogens with one attached hydrogen (secondary N) is 1. The van der Waals surface area contributed by atoms with Gasteiger partial charge in [-0.25, -0.2) is 13.8 Å².